The van der Waals surface area contributed by atoms with E-state index in [1.54, 1.807) is 19.1 Å². The van der Waals surface area contributed by atoms with Crippen LogP contribution in [0.15, 0.2) is 58.2 Å². The third-order valence-corrected chi connectivity index (χ3v) is 11.7. The summed E-state index contributed by atoms with van der Waals surface area (Å²) >= 11 is 0. The van der Waals surface area contributed by atoms with Crippen molar-refractivity contribution in [3.63, 3.8) is 0 Å². The summed E-state index contributed by atoms with van der Waals surface area (Å²) in [6.45, 7) is 16.8. The van der Waals surface area contributed by atoms with Crippen LogP contribution < -0.4 is 4.74 Å². The third kappa shape index (κ3) is 7.51. The molecule has 2 aliphatic heterocycles. The fourth-order valence-electron chi connectivity index (χ4n) is 8.78. The molecule has 2 N–H and O–H groups in total. The molecule has 1 aromatic carbocycles. The number of hydrogen-bond donors (Lipinski definition) is 2. The van der Waals surface area contributed by atoms with Crippen molar-refractivity contribution in [2.24, 2.45) is 11.8 Å². The maximum Gasteiger partial charge on any atom is 0.333 e. The molecule has 0 aromatic heterocycles. The molecule has 2 fully saturated rings. The number of hydrogen-bond acceptors (Lipinski definition) is 9. The number of esters is 1. The molecule has 4 unspecified atom stereocenters. The Morgan fingerprint density at radius 3 is 2.28 bits per heavy atom. The Balaban J connectivity index is 1.55. The molecule has 9 nitrogen and oxygen atoms in total. The van der Waals surface area contributed by atoms with Gasteiger partial charge < -0.3 is 29.3 Å². The van der Waals surface area contributed by atoms with Crippen molar-refractivity contribution < 1.29 is 38.8 Å². The number of nitrogens with zero attached hydrogens (tertiary/aromatic N) is 1. The molecule has 294 valence electrons. The molecule has 6 rings (SSSR count). The zero-order valence-electron chi connectivity index (χ0n) is 34.1. The van der Waals surface area contributed by atoms with Crippen molar-refractivity contribution in [2.75, 3.05) is 27.2 Å². The van der Waals surface area contributed by atoms with Gasteiger partial charge in [0.2, 0.25) is 0 Å². The summed E-state index contributed by atoms with van der Waals surface area (Å²) in [5.74, 6) is -2.46. The summed E-state index contributed by atoms with van der Waals surface area (Å²) in [6, 6.07) is 0. The van der Waals surface area contributed by atoms with Gasteiger partial charge in [0.25, 0.3) is 0 Å². The maximum absolute atomic E-state index is 14.9. The van der Waals surface area contributed by atoms with Gasteiger partial charge in [0.05, 0.1) is 12.2 Å². The Bertz CT molecular complexity index is 1830. The zero-order chi connectivity index (χ0) is 39.7. The first-order valence-corrected chi connectivity index (χ1v) is 19.6. The molecule has 4 bridgehead atoms. The van der Waals surface area contributed by atoms with Gasteiger partial charge in [0.1, 0.15) is 22.8 Å². The molecule has 9 heteroatoms. The van der Waals surface area contributed by atoms with Crippen molar-refractivity contribution in [3.8, 4) is 17.2 Å². The van der Waals surface area contributed by atoms with Gasteiger partial charge >= 0.3 is 5.97 Å². The molecule has 1 spiro atoms. The highest BCUT2D eigenvalue weighted by molar-refractivity contribution is 6.18. The molecule has 2 heterocycles. The van der Waals surface area contributed by atoms with Gasteiger partial charge in [-0.3, -0.25) is 9.59 Å². The Morgan fingerprint density at radius 2 is 1.61 bits per heavy atom. The van der Waals surface area contributed by atoms with Gasteiger partial charge in [0, 0.05) is 40.5 Å². The van der Waals surface area contributed by atoms with Crippen LogP contribution in [0.4, 0.5) is 0 Å². The molecule has 4 atom stereocenters. The van der Waals surface area contributed by atoms with Crippen LogP contribution in [-0.2, 0) is 31.9 Å². The number of fused-ring (bicyclic) bond motifs is 1. The first-order chi connectivity index (χ1) is 25.4. The fourth-order valence-corrected chi connectivity index (χ4v) is 8.78. The van der Waals surface area contributed by atoms with Crippen molar-refractivity contribution >= 4 is 17.5 Å². The minimum absolute atomic E-state index is 0.000613. The molecule has 5 aliphatic rings. The smallest absolute Gasteiger partial charge is 0.333 e. The van der Waals surface area contributed by atoms with E-state index in [-0.39, 0.29) is 53.4 Å². The van der Waals surface area contributed by atoms with Crippen LogP contribution in [-0.4, -0.2) is 76.7 Å². The highest BCUT2D eigenvalue weighted by Crippen LogP contribution is 2.68. The van der Waals surface area contributed by atoms with Crippen molar-refractivity contribution in [1.82, 2.24) is 4.90 Å². The van der Waals surface area contributed by atoms with Gasteiger partial charge in [-0.15, -0.1) is 0 Å². The van der Waals surface area contributed by atoms with E-state index in [1.807, 2.05) is 60.9 Å². The van der Waals surface area contributed by atoms with E-state index in [4.69, 9.17) is 14.2 Å². The minimum atomic E-state index is -1.63. The topological polar surface area (TPSA) is 123 Å². The lowest BCUT2D eigenvalue weighted by atomic mass is 9.51. The number of carbonyl (C=O) groups excluding carboxylic acids is 3. The van der Waals surface area contributed by atoms with E-state index < -0.39 is 40.4 Å². The number of phenolic OH excluding ortho intramolecular Hbond substituents is 2. The van der Waals surface area contributed by atoms with E-state index in [0.717, 1.165) is 49.8 Å². The second-order valence-corrected chi connectivity index (χ2v) is 17.0. The Kier molecular flexibility index (Phi) is 12.2. The molecular weight excluding hydrogens is 682 g/mol. The molecular formula is C45H61NO8. The quantitative estimate of drug-likeness (QED) is 0.0743. The predicted molar refractivity (Wildman–Crippen MR) is 211 cm³/mol. The van der Waals surface area contributed by atoms with Gasteiger partial charge in [-0.25, -0.2) is 4.79 Å². The van der Waals surface area contributed by atoms with Crippen LogP contribution in [0, 0.1) is 11.8 Å². The summed E-state index contributed by atoms with van der Waals surface area (Å²) in [5, 5.41) is 23.8. The molecule has 54 heavy (non-hydrogen) atoms. The average Bonchev–Trinajstić information content (AvgIpc) is 3.24. The number of allylic oxidation sites excluding steroid dienone is 7. The Morgan fingerprint density at radius 1 is 0.926 bits per heavy atom. The molecule has 1 saturated carbocycles. The summed E-state index contributed by atoms with van der Waals surface area (Å²) in [4.78, 5) is 44.7. The van der Waals surface area contributed by atoms with Crippen molar-refractivity contribution in [1.29, 1.82) is 0 Å². The first kappa shape index (κ1) is 41.2. The number of ether oxygens (including phenoxy) is 3. The molecule has 1 saturated heterocycles. The van der Waals surface area contributed by atoms with E-state index >= 15 is 0 Å². The molecule has 0 radical (unpaired) electrons. The second kappa shape index (κ2) is 16.0. The summed E-state index contributed by atoms with van der Waals surface area (Å²) in [7, 11) is 4.06. The SMILES string of the molecule is CC(C)=CCC/C(C)=C/Cc1c(O)c(CC=C(C)C)c2c(c1O)C(=O)C1=CC3CC4C(C)(C)OC(C/C=C(/C)C(=O)OCCCCCN(C)C)(C3=O)C14O2. The highest BCUT2D eigenvalue weighted by atomic mass is 16.6. The number of ketones is 2. The van der Waals surface area contributed by atoms with E-state index in [9.17, 15) is 24.6 Å². The lowest BCUT2D eigenvalue weighted by Crippen LogP contribution is -2.72. The number of benzene rings is 1. The van der Waals surface area contributed by atoms with Crippen molar-refractivity contribution in [3.05, 3.63) is 74.9 Å². The average molecular weight is 744 g/mol. The van der Waals surface area contributed by atoms with Gasteiger partial charge in [-0.2, -0.15) is 0 Å². The van der Waals surface area contributed by atoms with Crippen LogP contribution in [0.3, 0.4) is 0 Å². The number of aromatic hydroxyl groups is 2. The number of unbranched alkanes of at least 4 members (excludes halogenated alkanes) is 2. The fraction of sp³-hybridized carbons (Fsp3) is 0.578. The number of Topliss-reactive ketones (excluding diaryl/α,β-unsaturated/α-hetero) is 2. The van der Waals surface area contributed by atoms with Crippen LogP contribution in [0.25, 0.3) is 0 Å². The van der Waals surface area contributed by atoms with Crippen LogP contribution >= 0.6 is 0 Å². The monoisotopic (exact) mass is 743 g/mol. The lowest BCUT2D eigenvalue weighted by Gasteiger charge is -2.56. The Hall–Kier alpha value is -3.95. The van der Waals surface area contributed by atoms with Gasteiger partial charge in [-0.05, 0) is 127 Å². The molecule has 3 aliphatic carbocycles. The van der Waals surface area contributed by atoms with Crippen LogP contribution in [0.5, 0.6) is 17.2 Å². The lowest BCUT2D eigenvalue weighted by molar-refractivity contribution is -0.171. The molecule has 0 amide bonds. The molecule has 1 aromatic rings. The summed E-state index contributed by atoms with van der Waals surface area (Å²) < 4.78 is 19.5. The van der Waals surface area contributed by atoms with Crippen LogP contribution in [0.1, 0.15) is 122 Å². The van der Waals surface area contributed by atoms with Crippen molar-refractivity contribution in [2.45, 2.75) is 130 Å². The zero-order valence-corrected chi connectivity index (χ0v) is 34.1. The maximum atomic E-state index is 14.9. The van der Waals surface area contributed by atoms with E-state index in [2.05, 4.69) is 24.8 Å². The van der Waals surface area contributed by atoms with Gasteiger partial charge in [0.15, 0.2) is 22.8 Å². The summed E-state index contributed by atoms with van der Waals surface area (Å²) in [5.41, 5.74) is 0.586. The predicted octanol–water partition coefficient (Wildman–Crippen LogP) is 8.46. The normalized spacial score (nSPS) is 25.2. The highest BCUT2D eigenvalue weighted by Gasteiger charge is 2.81. The van der Waals surface area contributed by atoms with Crippen LogP contribution in [0.2, 0.25) is 0 Å². The minimum Gasteiger partial charge on any atom is -0.507 e. The summed E-state index contributed by atoms with van der Waals surface area (Å²) in [6.07, 6.45) is 14.8. The number of carbonyl (C=O) groups is 3. The Labute approximate surface area is 321 Å². The standard InChI is InChI=1S/C45H61NO8/c1-27(2)15-14-16-29(5)18-20-32-37(47)33(19-17-28(3)4)40-36(38(32)48)39(49)34-25-31-26-35-43(7,8)54-44(41(31)50,45(34,35)53-40)22-21-30(6)42(51)52-24-13-11-12-23-46(9)10/h15,17-18,21,25,31,35,47-48H,11-14,16,19-20,22-24,26H2,1-10H3/b29-18+,30-21-. The first-order valence-electron chi connectivity index (χ1n) is 19.6. The van der Waals surface area contributed by atoms with E-state index in [1.165, 1.54) is 5.57 Å². The largest absolute Gasteiger partial charge is 0.507 e. The van der Waals surface area contributed by atoms with Gasteiger partial charge in [-0.1, -0.05) is 47.1 Å². The van der Waals surface area contributed by atoms with E-state index in [0.29, 0.717) is 29.7 Å². The number of phenols is 2. The third-order valence-electron chi connectivity index (χ3n) is 11.7. The second-order valence-electron chi connectivity index (χ2n) is 17.0. The number of rotatable bonds is 16.